The summed E-state index contributed by atoms with van der Waals surface area (Å²) in [5, 5.41) is 19.0. The molecule has 154 valence electrons. The van der Waals surface area contributed by atoms with E-state index < -0.39 is 5.97 Å². The lowest BCUT2D eigenvalue weighted by atomic mass is 9.91. The van der Waals surface area contributed by atoms with Crippen molar-refractivity contribution < 1.29 is 19.7 Å². The molecule has 1 saturated heterocycles. The van der Waals surface area contributed by atoms with Gasteiger partial charge >= 0.3 is 5.97 Å². The highest BCUT2D eigenvalue weighted by Crippen LogP contribution is 2.39. The fraction of sp³-hybridized carbons (Fsp3) is 0.435. The molecule has 6 nitrogen and oxygen atoms in total. The van der Waals surface area contributed by atoms with Crippen molar-refractivity contribution >= 4 is 5.97 Å². The van der Waals surface area contributed by atoms with Crippen LogP contribution in [0.15, 0.2) is 36.4 Å². The zero-order valence-corrected chi connectivity index (χ0v) is 16.6. The predicted octanol–water partition coefficient (Wildman–Crippen LogP) is 2.62. The minimum atomic E-state index is -0.877. The molecule has 0 aliphatic carbocycles. The maximum Gasteiger partial charge on any atom is 0.336 e. The number of carboxylic acid groups (broad SMARTS) is 1. The van der Waals surface area contributed by atoms with E-state index in [2.05, 4.69) is 9.80 Å². The summed E-state index contributed by atoms with van der Waals surface area (Å²) in [6.45, 7) is 5.89. The SMILES string of the molecule is O=C(O)c1c(CCCN2CCN(CCO)CC2)ccc2c1Cc1ccccc1O2. The number of ether oxygens (including phenoxy) is 1. The van der Waals surface area contributed by atoms with Crippen LogP contribution in [0.5, 0.6) is 11.5 Å². The Morgan fingerprint density at radius 1 is 0.966 bits per heavy atom. The molecular formula is C23H28N2O4. The first-order valence-corrected chi connectivity index (χ1v) is 10.3. The van der Waals surface area contributed by atoms with Crippen molar-refractivity contribution in [1.29, 1.82) is 0 Å². The number of aryl methyl sites for hydroxylation is 1. The summed E-state index contributed by atoms with van der Waals surface area (Å²) in [5.41, 5.74) is 3.11. The van der Waals surface area contributed by atoms with Gasteiger partial charge < -0.3 is 19.8 Å². The predicted molar refractivity (Wildman–Crippen MR) is 111 cm³/mol. The van der Waals surface area contributed by atoms with Gasteiger partial charge in [-0.2, -0.15) is 0 Å². The number of rotatable bonds is 7. The normalized spacial score (nSPS) is 16.7. The third-order valence-electron chi connectivity index (χ3n) is 5.93. The minimum Gasteiger partial charge on any atom is -0.478 e. The molecule has 2 heterocycles. The standard InChI is InChI=1S/C23H28N2O4/c26-15-14-25-12-10-24(11-13-25)9-3-5-17-7-8-21-19(22(17)23(27)28)16-18-4-1-2-6-20(18)29-21/h1-2,4,6-8,26H,3,5,9-16H2,(H,27,28). The van der Waals surface area contributed by atoms with Gasteiger partial charge in [-0.1, -0.05) is 24.3 Å². The number of para-hydroxylation sites is 1. The number of fused-ring (bicyclic) bond motifs is 2. The van der Waals surface area contributed by atoms with Crippen LogP contribution in [0, 0.1) is 0 Å². The third kappa shape index (κ3) is 4.45. The Labute approximate surface area is 171 Å². The summed E-state index contributed by atoms with van der Waals surface area (Å²) in [6.07, 6.45) is 2.26. The number of piperazine rings is 1. The lowest BCUT2D eigenvalue weighted by Gasteiger charge is -2.34. The van der Waals surface area contributed by atoms with Crippen LogP contribution < -0.4 is 4.74 Å². The van der Waals surface area contributed by atoms with E-state index in [-0.39, 0.29) is 6.61 Å². The molecule has 2 N–H and O–H groups in total. The monoisotopic (exact) mass is 396 g/mol. The van der Waals surface area contributed by atoms with Crippen molar-refractivity contribution in [3.8, 4) is 11.5 Å². The molecule has 2 aliphatic rings. The molecule has 4 rings (SSSR count). The van der Waals surface area contributed by atoms with Gasteiger partial charge in [-0.05, 0) is 42.6 Å². The number of nitrogens with zero attached hydrogens (tertiary/aromatic N) is 2. The van der Waals surface area contributed by atoms with Crippen molar-refractivity contribution in [3.05, 3.63) is 58.7 Å². The number of hydrogen-bond donors (Lipinski definition) is 2. The number of carboxylic acids is 1. The van der Waals surface area contributed by atoms with Gasteiger partial charge in [0.15, 0.2) is 0 Å². The molecular weight excluding hydrogens is 368 g/mol. The minimum absolute atomic E-state index is 0.213. The van der Waals surface area contributed by atoms with Crippen molar-refractivity contribution in [2.45, 2.75) is 19.3 Å². The van der Waals surface area contributed by atoms with Gasteiger partial charge in [0.1, 0.15) is 11.5 Å². The molecule has 0 spiro atoms. The van der Waals surface area contributed by atoms with E-state index >= 15 is 0 Å². The highest BCUT2D eigenvalue weighted by molar-refractivity contribution is 5.92. The van der Waals surface area contributed by atoms with Crippen LogP contribution in [0.3, 0.4) is 0 Å². The molecule has 0 bridgehead atoms. The number of benzene rings is 2. The molecule has 6 heteroatoms. The number of β-amino-alcohol motifs (C(OH)–C–C–N with tert-alkyl or cyclic N) is 1. The topological polar surface area (TPSA) is 73.2 Å². The molecule has 2 aromatic carbocycles. The molecule has 0 amide bonds. The molecule has 0 radical (unpaired) electrons. The average molecular weight is 396 g/mol. The smallest absolute Gasteiger partial charge is 0.336 e. The highest BCUT2D eigenvalue weighted by atomic mass is 16.5. The first-order valence-electron chi connectivity index (χ1n) is 10.3. The largest absolute Gasteiger partial charge is 0.478 e. The Bertz CT molecular complexity index is 875. The molecule has 0 aromatic heterocycles. The molecule has 2 aromatic rings. The van der Waals surface area contributed by atoms with Crippen molar-refractivity contribution in [2.24, 2.45) is 0 Å². The van der Waals surface area contributed by atoms with Gasteiger partial charge in [0.2, 0.25) is 0 Å². The maximum absolute atomic E-state index is 12.1. The first-order chi connectivity index (χ1) is 14.2. The fourth-order valence-electron chi connectivity index (χ4n) is 4.35. The number of aromatic carboxylic acids is 1. The van der Waals surface area contributed by atoms with Crippen LogP contribution in [0.2, 0.25) is 0 Å². The summed E-state index contributed by atoms with van der Waals surface area (Å²) < 4.78 is 5.96. The number of hydrogen-bond acceptors (Lipinski definition) is 5. The second-order valence-corrected chi connectivity index (χ2v) is 7.78. The lowest BCUT2D eigenvalue weighted by Crippen LogP contribution is -2.47. The van der Waals surface area contributed by atoms with Gasteiger partial charge in [0, 0.05) is 44.7 Å². The molecule has 0 unspecified atom stereocenters. The Hall–Kier alpha value is -2.41. The van der Waals surface area contributed by atoms with Crippen LogP contribution in [0.4, 0.5) is 0 Å². The summed E-state index contributed by atoms with van der Waals surface area (Å²) in [6, 6.07) is 11.6. The molecule has 0 saturated carbocycles. The maximum atomic E-state index is 12.1. The Balaban J connectivity index is 1.42. The Kier molecular flexibility index (Phi) is 6.13. The zero-order chi connectivity index (χ0) is 20.2. The second kappa shape index (κ2) is 8.95. The van der Waals surface area contributed by atoms with E-state index in [1.165, 1.54) is 0 Å². The quantitative estimate of drug-likeness (QED) is 0.640. The second-order valence-electron chi connectivity index (χ2n) is 7.78. The highest BCUT2D eigenvalue weighted by Gasteiger charge is 2.25. The molecule has 0 atom stereocenters. The van der Waals surface area contributed by atoms with Gasteiger partial charge in [-0.15, -0.1) is 0 Å². The van der Waals surface area contributed by atoms with E-state index in [0.29, 0.717) is 17.7 Å². The van der Waals surface area contributed by atoms with E-state index in [1.807, 2.05) is 36.4 Å². The number of aliphatic hydroxyl groups is 1. The van der Waals surface area contributed by atoms with Crippen molar-refractivity contribution in [3.63, 3.8) is 0 Å². The Morgan fingerprint density at radius 3 is 2.41 bits per heavy atom. The zero-order valence-electron chi connectivity index (χ0n) is 16.6. The van der Waals surface area contributed by atoms with E-state index in [9.17, 15) is 9.90 Å². The van der Waals surface area contributed by atoms with Gasteiger partial charge in [-0.25, -0.2) is 4.79 Å². The molecule has 2 aliphatic heterocycles. The summed E-state index contributed by atoms with van der Waals surface area (Å²) >= 11 is 0. The van der Waals surface area contributed by atoms with Crippen molar-refractivity contribution in [2.75, 3.05) is 45.9 Å². The number of aliphatic hydroxyl groups excluding tert-OH is 1. The fourth-order valence-corrected chi connectivity index (χ4v) is 4.35. The van der Waals surface area contributed by atoms with Crippen LogP contribution in [-0.4, -0.2) is 71.9 Å². The van der Waals surface area contributed by atoms with Crippen LogP contribution in [0.25, 0.3) is 0 Å². The van der Waals surface area contributed by atoms with Crippen LogP contribution >= 0.6 is 0 Å². The van der Waals surface area contributed by atoms with E-state index in [1.54, 1.807) is 0 Å². The number of carbonyl (C=O) groups is 1. The van der Waals surface area contributed by atoms with Gasteiger partial charge in [-0.3, -0.25) is 4.90 Å². The van der Waals surface area contributed by atoms with E-state index in [0.717, 1.165) is 74.6 Å². The average Bonchev–Trinajstić information content (AvgIpc) is 2.73. The third-order valence-corrected chi connectivity index (χ3v) is 5.93. The van der Waals surface area contributed by atoms with Crippen molar-refractivity contribution in [1.82, 2.24) is 9.80 Å². The molecule has 29 heavy (non-hydrogen) atoms. The summed E-state index contributed by atoms with van der Waals surface area (Å²) in [7, 11) is 0. The first kappa shape index (κ1) is 19.9. The van der Waals surface area contributed by atoms with Gasteiger partial charge in [0.25, 0.3) is 0 Å². The van der Waals surface area contributed by atoms with Crippen LogP contribution in [-0.2, 0) is 12.8 Å². The summed E-state index contributed by atoms with van der Waals surface area (Å²) in [4.78, 5) is 16.8. The van der Waals surface area contributed by atoms with Crippen LogP contribution in [0.1, 0.15) is 33.5 Å². The van der Waals surface area contributed by atoms with Gasteiger partial charge in [0.05, 0.1) is 12.2 Å². The van der Waals surface area contributed by atoms with E-state index in [4.69, 9.17) is 9.84 Å². The summed E-state index contributed by atoms with van der Waals surface area (Å²) in [5.74, 6) is 0.590. The Morgan fingerprint density at radius 2 is 1.69 bits per heavy atom. The lowest BCUT2D eigenvalue weighted by molar-refractivity contribution is 0.0693. The molecule has 1 fully saturated rings.